The third kappa shape index (κ3) is 7.14. The Labute approximate surface area is 94.9 Å². The number of aliphatic imine (C=N–C) groups is 1. The quantitative estimate of drug-likeness (QED) is 0.403. The van der Waals surface area contributed by atoms with Crippen molar-refractivity contribution in [3.05, 3.63) is 24.6 Å². The van der Waals surface area contributed by atoms with E-state index in [9.17, 15) is 0 Å². The van der Waals surface area contributed by atoms with Crippen molar-refractivity contribution in [3.63, 3.8) is 0 Å². The van der Waals surface area contributed by atoms with Crippen LogP contribution >= 0.6 is 0 Å². The summed E-state index contributed by atoms with van der Waals surface area (Å²) in [4.78, 5) is 4.17. The molecule has 0 radical (unpaired) electrons. The van der Waals surface area contributed by atoms with Gasteiger partial charge in [0, 0.05) is 6.21 Å². The minimum absolute atomic E-state index is 0.0446. The van der Waals surface area contributed by atoms with Crippen molar-refractivity contribution in [2.24, 2.45) is 10.4 Å². The minimum atomic E-state index is -1.58. The Balaban J connectivity index is 4.32. The van der Waals surface area contributed by atoms with E-state index in [-0.39, 0.29) is 5.41 Å². The number of rotatable bonds is 4. The van der Waals surface area contributed by atoms with Gasteiger partial charge in [-0.2, -0.15) is 0 Å². The molecule has 0 spiro atoms. The second kappa shape index (κ2) is 4.79. The fourth-order valence-corrected chi connectivity index (χ4v) is 1.48. The number of allylic oxidation sites excluding steroid dienone is 1. The monoisotopic (exact) mass is 225 g/mol. The van der Waals surface area contributed by atoms with E-state index >= 15 is 0 Å². The van der Waals surface area contributed by atoms with Crippen molar-refractivity contribution in [2.45, 2.75) is 40.4 Å². The number of hydrogen-bond acceptors (Lipinski definition) is 2. The molecule has 15 heavy (non-hydrogen) atoms. The van der Waals surface area contributed by atoms with Crippen LogP contribution in [0.1, 0.15) is 20.8 Å². The summed E-state index contributed by atoms with van der Waals surface area (Å²) < 4.78 is 5.61. The molecule has 0 N–H and O–H groups in total. The highest BCUT2D eigenvalue weighted by molar-refractivity contribution is 6.70. The van der Waals surface area contributed by atoms with Crippen LogP contribution < -0.4 is 0 Å². The highest BCUT2D eigenvalue weighted by atomic mass is 28.4. The Bertz CT molecular complexity index is 279. The molecule has 0 aliphatic rings. The van der Waals surface area contributed by atoms with Gasteiger partial charge in [0.15, 0.2) is 5.88 Å². The standard InChI is InChI=1S/C12H23NOSi/c1-10(12(3,4)5)9-13-11(2)14-15(6,7)8/h9H,1-2H2,3-8H3. The van der Waals surface area contributed by atoms with Crippen LogP contribution in [0.3, 0.4) is 0 Å². The zero-order valence-electron chi connectivity index (χ0n) is 10.8. The summed E-state index contributed by atoms with van der Waals surface area (Å²) in [7, 11) is -1.58. The normalized spacial score (nSPS) is 12.9. The van der Waals surface area contributed by atoms with Crippen molar-refractivity contribution < 1.29 is 4.43 Å². The van der Waals surface area contributed by atoms with Crippen molar-refractivity contribution in [2.75, 3.05) is 0 Å². The maximum absolute atomic E-state index is 5.61. The molecule has 0 bridgehead atoms. The average Bonchev–Trinajstić information content (AvgIpc) is 1.94. The second-order valence-corrected chi connectivity index (χ2v) is 10.1. The molecule has 0 saturated carbocycles. The molecule has 0 aliphatic heterocycles. The van der Waals surface area contributed by atoms with Crippen LogP contribution in [0.4, 0.5) is 0 Å². The smallest absolute Gasteiger partial charge is 0.244 e. The van der Waals surface area contributed by atoms with Crippen molar-refractivity contribution >= 4 is 14.5 Å². The van der Waals surface area contributed by atoms with Gasteiger partial charge in [-0.15, -0.1) is 0 Å². The van der Waals surface area contributed by atoms with Gasteiger partial charge in [-0.25, -0.2) is 4.99 Å². The van der Waals surface area contributed by atoms with Crippen molar-refractivity contribution in [1.82, 2.24) is 0 Å². The van der Waals surface area contributed by atoms with Crippen LogP contribution in [0.15, 0.2) is 29.6 Å². The lowest BCUT2D eigenvalue weighted by Crippen LogP contribution is -2.24. The summed E-state index contributed by atoms with van der Waals surface area (Å²) in [6.45, 7) is 20.3. The Kier molecular flexibility index (Phi) is 4.53. The average molecular weight is 225 g/mol. The van der Waals surface area contributed by atoms with Gasteiger partial charge in [0.2, 0.25) is 8.32 Å². The molecule has 0 rings (SSSR count). The van der Waals surface area contributed by atoms with E-state index in [1.54, 1.807) is 6.21 Å². The first-order valence-electron chi connectivity index (χ1n) is 5.14. The van der Waals surface area contributed by atoms with Crippen molar-refractivity contribution in [1.29, 1.82) is 0 Å². The highest BCUT2D eigenvalue weighted by Gasteiger charge is 2.17. The topological polar surface area (TPSA) is 21.6 Å². The molecule has 0 heterocycles. The van der Waals surface area contributed by atoms with Gasteiger partial charge in [-0.05, 0) is 37.2 Å². The number of nitrogens with zero attached hydrogens (tertiary/aromatic N) is 1. The summed E-state index contributed by atoms with van der Waals surface area (Å²) in [6, 6.07) is 0. The summed E-state index contributed by atoms with van der Waals surface area (Å²) in [6.07, 6.45) is 1.74. The maximum atomic E-state index is 5.61. The summed E-state index contributed by atoms with van der Waals surface area (Å²) in [5.74, 6) is 0.486. The summed E-state index contributed by atoms with van der Waals surface area (Å²) in [5, 5.41) is 0. The first-order chi connectivity index (χ1) is 6.52. The molecule has 86 valence electrons. The Morgan fingerprint density at radius 3 is 2.00 bits per heavy atom. The Morgan fingerprint density at radius 1 is 1.20 bits per heavy atom. The largest absolute Gasteiger partial charge is 0.532 e. The highest BCUT2D eigenvalue weighted by Crippen LogP contribution is 2.22. The first-order valence-corrected chi connectivity index (χ1v) is 8.54. The van der Waals surface area contributed by atoms with Crippen LogP contribution in [0.5, 0.6) is 0 Å². The van der Waals surface area contributed by atoms with Crippen LogP contribution in [0.25, 0.3) is 0 Å². The predicted octanol–water partition coefficient (Wildman–Crippen LogP) is 3.98. The molecule has 3 heteroatoms. The lowest BCUT2D eigenvalue weighted by atomic mass is 9.88. The van der Waals surface area contributed by atoms with E-state index in [1.165, 1.54) is 0 Å². The molecule has 0 aromatic carbocycles. The molecule has 0 aromatic heterocycles. The SMILES string of the molecule is C=C(N=CC(=C)C(C)(C)C)O[Si](C)(C)C. The molecule has 0 atom stereocenters. The molecule has 0 saturated heterocycles. The lowest BCUT2D eigenvalue weighted by molar-refractivity contribution is 0.420. The molecular weight excluding hydrogens is 202 g/mol. The third-order valence-electron chi connectivity index (χ3n) is 1.75. The van der Waals surface area contributed by atoms with Crippen LogP contribution in [0, 0.1) is 5.41 Å². The fraction of sp³-hybridized carbons (Fsp3) is 0.583. The van der Waals surface area contributed by atoms with E-state index in [0.717, 1.165) is 5.57 Å². The zero-order valence-corrected chi connectivity index (χ0v) is 11.8. The van der Waals surface area contributed by atoms with Crippen molar-refractivity contribution in [3.8, 4) is 0 Å². The second-order valence-electron chi connectivity index (χ2n) is 5.64. The Morgan fingerprint density at radius 2 is 1.67 bits per heavy atom. The van der Waals surface area contributed by atoms with Gasteiger partial charge < -0.3 is 4.43 Å². The van der Waals surface area contributed by atoms with Gasteiger partial charge in [0.1, 0.15) is 0 Å². The molecule has 0 fully saturated rings. The van der Waals surface area contributed by atoms with E-state index in [4.69, 9.17) is 4.43 Å². The van der Waals surface area contributed by atoms with Gasteiger partial charge in [0.05, 0.1) is 0 Å². The molecule has 2 nitrogen and oxygen atoms in total. The summed E-state index contributed by atoms with van der Waals surface area (Å²) >= 11 is 0. The lowest BCUT2D eigenvalue weighted by Gasteiger charge is -2.20. The minimum Gasteiger partial charge on any atom is -0.532 e. The molecule has 0 amide bonds. The maximum Gasteiger partial charge on any atom is 0.244 e. The van der Waals surface area contributed by atoms with Gasteiger partial charge in [-0.3, -0.25) is 0 Å². The van der Waals surface area contributed by atoms with Crippen LogP contribution in [-0.2, 0) is 4.43 Å². The zero-order chi connectivity index (χ0) is 12.3. The Hall–Kier alpha value is -0.833. The van der Waals surface area contributed by atoms with E-state index in [1.807, 2.05) is 0 Å². The van der Waals surface area contributed by atoms with E-state index in [0.29, 0.717) is 5.88 Å². The van der Waals surface area contributed by atoms with E-state index < -0.39 is 8.32 Å². The first kappa shape index (κ1) is 14.2. The number of hydrogen-bond donors (Lipinski definition) is 0. The molecule has 0 aromatic rings. The van der Waals surface area contributed by atoms with Gasteiger partial charge in [-0.1, -0.05) is 27.4 Å². The van der Waals surface area contributed by atoms with E-state index in [2.05, 4.69) is 58.6 Å². The summed E-state index contributed by atoms with van der Waals surface area (Å²) in [5.41, 5.74) is 1.02. The molecule has 0 aliphatic carbocycles. The third-order valence-corrected chi connectivity index (χ3v) is 2.60. The van der Waals surface area contributed by atoms with Gasteiger partial charge >= 0.3 is 0 Å². The molecular formula is C12H23NOSi. The van der Waals surface area contributed by atoms with Gasteiger partial charge in [0.25, 0.3) is 0 Å². The fourth-order valence-electron chi connectivity index (χ4n) is 0.723. The van der Waals surface area contributed by atoms with Crippen LogP contribution in [-0.4, -0.2) is 14.5 Å². The molecule has 0 unspecified atom stereocenters. The van der Waals surface area contributed by atoms with Crippen LogP contribution in [0.2, 0.25) is 19.6 Å². The predicted molar refractivity (Wildman–Crippen MR) is 70.7 cm³/mol.